The van der Waals surface area contributed by atoms with Crippen LogP contribution in [0.4, 0.5) is 0 Å². The fourth-order valence-corrected chi connectivity index (χ4v) is 4.31. The highest BCUT2D eigenvalue weighted by molar-refractivity contribution is 7.89. The molecular formula is C15H23NO4S. The normalized spacial score (nSPS) is 16.8. The Balaban J connectivity index is 2.20. The maximum absolute atomic E-state index is 12.5. The van der Waals surface area contributed by atoms with Crippen molar-refractivity contribution < 1.29 is 18.3 Å². The second kappa shape index (κ2) is 5.94. The average molecular weight is 313 g/mol. The number of sulfonamides is 1. The Morgan fingerprint density at radius 3 is 2.29 bits per heavy atom. The van der Waals surface area contributed by atoms with Crippen molar-refractivity contribution in [1.29, 1.82) is 0 Å². The maximum Gasteiger partial charge on any atom is 0.241 e. The number of aryl methyl sites for hydroxylation is 2. The molecule has 2 N–H and O–H groups in total. The third kappa shape index (κ3) is 3.56. The summed E-state index contributed by atoms with van der Waals surface area (Å²) < 4.78 is 32.9. The molecule has 0 bridgehead atoms. The molecule has 0 spiro atoms. The van der Waals surface area contributed by atoms with Crippen molar-refractivity contribution in [3.63, 3.8) is 0 Å². The predicted octanol–water partition coefficient (Wildman–Crippen LogP) is 1.75. The minimum atomic E-state index is -3.55. The van der Waals surface area contributed by atoms with Crippen LogP contribution in [0.1, 0.15) is 30.4 Å². The highest BCUT2D eigenvalue weighted by atomic mass is 32.2. The van der Waals surface area contributed by atoms with E-state index >= 15 is 0 Å². The largest absolute Gasteiger partial charge is 0.497 e. The fourth-order valence-electron chi connectivity index (χ4n) is 2.70. The van der Waals surface area contributed by atoms with Crippen LogP contribution >= 0.6 is 0 Å². The number of nitrogens with one attached hydrogen (secondary N) is 1. The van der Waals surface area contributed by atoms with Crippen molar-refractivity contribution >= 4 is 10.0 Å². The van der Waals surface area contributed by atoms with Gasteiger partial charge in [0.05, 0.1) is 12.0 Å². The molecule has 21 heavy (non-hydrogen) atoms. The summed E-state index contributed by atoms with van der Waals surface area (Å²) in [5.41, 5.74) is 1.30. The van der Waals surface area contributed by atoms with Crippen LogP contribution in [-0.2, 0) is 10.0 Å². The van der Waals surface area contributed by atoms with Gasteiger partial charge >= 0.3 is 0 Å². The summed E-state index contributed by atoms with van der Waals surface area (Å²) in [6, 6.07) is 3.45. The zero-order chi connectivity index (χ0) is 15.7. The molecular weight excluding hydrogens is 290 g/mol. The quantitative estimate of drug-likeness (QED) is 0.804. The van der Waals surface area contributed by atoms with E-state index < -0.39 is 10.0 Å². The standard InChI is InChI=1S/C15H23NO4S/c1-11-8-13(20-3)9-12(2)14(11)21(18,19)16-10-15(4-5-15)6-7-17/h8-9,16-17H,4-7,10H2,1-3H3. The monoisotopic (exact) mass is 313 g/mol. The first-order valence-corrected chi connectivity index (χ1v) is 8.58. The first kappa shape index (κ1) is 16.3. The van der Waals surface area contributed by atoms with Gasteiger partial charge in [-0.15, -0.1) is 0 Å². The lowest BCUT2D eigenvalue weighted by atomic mass is 10.0. The summed E-state index contributed by atoms with van der Waals surface area (Å²) >= 11 is 0. The third-order valence-corrected chi connectivity index (χ3v) is 5.88. The van der Waals surface area contributed by atoms with Crippen LogP contribution in [0.5, 0.6) is 5.75 Å². The van der Waals surface area contributed by atoms with Crippen molar-refractivity contribution in [3.8, 4) is 5.75 Å². The minimum absolute atomic E-state index is 0.0455. The molecule has 0 unspecified atom stereocenters. The molecule has 1 aliphatic carbocycles. The van der Waals surface area contributed by atoms with Gasteiger partial charge in [-0.1, -0.05) is 0 Å². The van der Waals surface area contributed by atoms with E-state index in [1.54, 1.807) is 33.1 Å². The molecule has 5 nitrogen and oxygen atoms in total. The Hall–Kier alpha value is -1.11. The molecule has 0 aliphatic heterocycles. The third-order valence-electron chi connectivity index (χ3n) is 4.17. The van der Waals surface area contributed by atoms with E-state index in [-0.39, 0.29) is 12.0 Å². The van der Waals surface area contributed by atoms with Crippen molar-refractivity contribution in [2.45, 2.75) is 38.0 Å². The van der Waals surface area contributed by atoms with Crippen LogP contribution in [0, 0.1) is 19.3 Å². The molecule has 1 saturated carbocycles. The number of aliphatic hydroxyl groups is 1. The topological polar surface area (TPSA) is 75.6 Å². The smallest absolute Gasteiger partial charge is 0.241 e. The molecule has 0 saturated heterocycles. The van der Waals surface area contributed by atoms with E-state index in [1.165, 1.54) is 0 Å². The van der Waals surface area contributed by atoms with E-state index in [0.29, 0.717) is 34.7 Å². The van der Waals surface area contributed by atoms with E-state index in [9.17, 15) is 8.42 Å². The summed E-state index contributed by atoms with van der Waals surface area (Å²) in [7, 11) is -1.98. The second-order valence-electron chi connectivity index (χ2n) is 5.89. The van der Waals surface area contributed by atoms with Crippen LogP contribution in [0.25, 0.3) is 0 Å². The number of hydrogen-bond donors (Lipinski definition) is 2. The zero-order valence-electron chi connectivity index (χ0n) is 12.8. The molecule has 1 aliphatic rings. The Bertz CT molecular complexity index is 598. The van der Waals surface area contributed by atoms with Gasteiger partial charge in [-0.05, 0) is 61.8 Å². The summed E-state index contributed by atoms with van der Waals surface area (Å²) in [6.45, 7) is 4.03. The zero-order valence-corrected chi connectivity index (χ0v) is 13.6. The molecule has 0 heterocycles. The van der Waals surface area contributed by atoms with Gasteiger partial charge in [-0.2, -0.15) is 0 Å². The van der Waals surface area contributed by atoms with Crippen LogP contribution in [0.15, 0.2) is 17.0 Å². The molecule has 6 heteroatoms. The summed E-state index contributed by atoms with van der Waals surface area (Å²) in [5.74, 6) is 0.655. The summed E-state index contributed by atoms with van der Waals surface area (Å²) in [4.78, 5) is 0.322. The van der Waals surface area contributed by atoms with Gasteiger partial charge in [0, 0.05) is 13.2 Å². The predicted molar refractivity (Wildman–Crippen MR) is 81.0 cm³/mol. The van der Waals surface area contributed by atoms with E-state index in [0.717, 1.165) is 12.8 Å². The van der Waals surface area contributed by atoms with Gasteiger partial charge in [0.2, 0.25) is 10.0 Å². The molecule has 0 amide bonds. The van der Waals surface area contributed by atoms with Crippen LogP contribution in [-0.4, -0.2) is 33.8 Å². The Kier molecular flexibility index (Phi) is 4.60. The van der Waals surface area contributed by atoms with Gasteiger partial charge in [-0.25, -0.2) is 13.1 Å². The Morgan fingerprint density at radius 1 is 1.29 bits per heavy atom. The van der Waals surface area contributed by atoms with Gasteiger partial charge in [0.15, 0.2) is 0 Å². The Labute approximate surface area is 126 Å². The molecule has 2 rings (SSSR count). The number of benzene rings is 1. The van der Waals surface area contributed by atoms with Crippen molar-refractivity contribution in [1.82, 2.24) is 4.72 Å². The van der Waals surface area contributed by atoms with Crippen LogP contribution in [0.2, 0.25) is 0 Å². The first-order valence-electron chi connectivity index (χ1n) is 7.09. The van der Waals surface area contributed by atoms with E-state index in [1.807, 2.05) is 0 Å². The van der Waals surface area contributed by atoms with Crippen molar-refractivity contribution in [2.24, 2.45) is 5.41 Å². The molecule has 1 aromatic rings. The molecule has 0 radical (unpaired) electrons. The van der Waals surface area contributed by atoms with Crippen LogP contribution < -0.4 is 9.46 Å². The minimum Gasteiger partial charge on any atom is -0.497 e. The summed E-state index contributed by atoms with van der Waals surface area (Å²) in [5, 5.41) is 9.04. The van der Waals surface area contributed by atoms with Crippen molar-refractivity contribution in [3.05, 3.63) is 23.3 Å². The fraction of sp³-hybridized carbons (Fsp3) is 0.600. The maximum atomic E-state index is 12.5. The second-order valence-corrected chi connectivity index (χ2v) is 7.59. The molecule has 1 fully saturated rings. The number of hydrogen-bond acceptors (Lipinski definition) is 4. The average Bonchev–Trinajstić information content (AvgIpc) is 3.16. The van der Waals surface area contributed by atoms with E-state index in [2.05, 4.69) is 4.72 Å². The molecule has 118 valence electrons. The van der Waals surface area contributed by atoms with Gasteiger partial charge < -0.3 is 9.84 Å². The van der Waals surface area contributed by atoms with Gasteiger partial charge in [0.1, 0.15) is 5.75 Å². The molecule has 1 aromatic carbocycles. The highest BCUT2D eigenvalue weighted by Gasteiger charge is 2.42. The highest BCUT2D eigenvalue weighted by Crippen LogP contribution is 2.48. The SMILES string of the molecule is COc1cc(C)c(S(=O)(=O)NCC2(CCO)CC2)c(C)c1. The molecule has 0 atom stereocenters. The number of methoxy groups -OCH3 is 1. The lowest BCUT2D eigenvalue weighted by Gasteiger charge is -2.17. The van der Waals surface area contributed by atoms with E-state index in [4.69, 9.17) is 9.84 Å². The first-order chi connectivity index (χ1) is 9.83. The van der Waals surface area contributed by atoms with Gasteiger partial charge in [0.25, 0.3) is 0 Å². The lowest BCUT2D eigenvalue weighted by molar-refractivity contribution is 0.249. The lowest BCUT2D eigenvalue weighted by Crippen LogP contribution is -2.31. The molecule has 0 aromatic heterocycles. The van der Waals surface area contributed by atoms with Crippen molar-refractivity contribution in [2.75, 3.05) is 20.3 Å². The number of ether oxygens (including phenoxy) is 1. The van der Waals surface area contributed by atoms with Crippen LogP contribution in [0.3, 0.4) is 0 Å². The van der Waals surface area contributed by atoms with Gasteiger partial charge in [-0.3, -0.25) is 0 Å². The Morgan fingerprint density at radius 2 is 1.86 bits per heavy atom. The number of aliphatic hydroxyl groups excluding tert-OH is 1. The number of rotatable bonds is 7. The summed E-state index contributed by atoms with van der Waals surface area (Å²) in [6.07, 6.45) is 2.59.